The van der Waals surface area contributed by atoms with Gasteiger partial charge < -0.3 is 10.4 Å². The number of hydrogen-bond donors (Lipinski definition) is 2. The third-order valence-corrected chi connectivity index (χ3v) is 3.19. The maximum atomic E-state index is 13.5. The number of halogens is 2. The largest absolute Gasteiger partial charge is 0.388 e. The van der Waals surface area contributed by atoms with Crippen LogP contribution in [0.3, 0.4) is 0 Å². The molecule has 0 unspecified atom stereocenters. The van der Waals surface area contributed by atoms with Crippen molar-refractivity contribution in [1.29, 1.82) is 0 Å². The number of hydrogen-bond acceptors (Lipinski definition) is 3. The van der Waals surface area contributed by atoms with Gasteiger partial charge in [-0.25, -0.2) is 4.39 Å². The van der Waals surface area contributed by atoms with E-state index in [1.165, 1.54) is 12.1 Å². The van der Waals surface area contributed by atoms with Crippen molar-refractivity contribution in [3.8, 4) is 0 Å². The number of nitrogens with zero attached hydrogens (tertiary/aromatic N) is 1. The number of carbonyl (C=O) groups excluding carboxylic acids is 1. The summed E-state index contributed by atoms with van der Waals surface area (Å²) in [5.41, 5.74) is -0.543. The summed E-state index contributed by atoms with van der Waals surface area (Å²) in [4.78, 5) is 13.4. The number of nitrogens with one attached hydrogen (secondary N) is 1. The molecule has 0 spiro atoms. The number of benzene rings is 1. The van der Waals surface area contributed by atoms with Gasteiger partial charge in [0, 0.05) is 17.6 Å². The molecule has 0 aromatic heterocycles. The topological polar surface area (TPSA) is 52.6 Å². The third kappa shape index (κ3) is 3.28. The second-order valence-electron chi connectivity index (χ2n) is 4.81. The molecule has 0 saturated carbocycles. The van der Waals surface area contributed by atoms with E-state index in [0.29, 0.717) is 17.6 Å². The van der Waals surface area contributed by atoms with E-state index < -0.39 is 11.4 Å². The second-order valence-corrected chi connectivity index (χ2v) is 5.73. The molecule has 1 heterocycles. The van der Waals surface area contributed by atoms with Crippen LogP contribution in [-0.2, 0) is 4.79 Å². The van der Waals surface area contributed by atoms with Gasteiger partial charge in [0.25, 0.3) is 0 Å². The molecule has 0 atom stereocenters. The molecular formula is C12H14BrFN2O2. The van der Waals surface area contributed by atoms with Gasteiger partial charge in [0.2, 0.25) is 5.91 Å². The molecule has 2 rings (SSSR count). The average molecular weight is 317 g/mol. The summed E-state index contributed by atoms with van der Waals surface area (Å²) in [5.74, 6) is -0.764. The van der Waals surface area contributed by atoms with Crippen molar-refractivity contribution in [3.05, 3.63) is 28.5 Å². The highest BCUT2D eigenvalue weighted by molar-refractivity contribution is 9.10. The molecule has 1 saturated heterocycles. The summed E-state index contributed by atoms with van der Waals surface area (Å²) in [6, 6.07) is 4.46. The molecule has 1 aliphatic rings. The van der Waals surface area contributed by atoms with Gasteiger partial charge in [-0.3, -0.25) is 9.69 Å². The predicted octanol–water partition coefficient (Wildman–Crippen LogP) is 1.59. The Hall–Kier alpha value is -0.980. The van der Waals surface area contributed by atoms with Gasteiger partial charge in [-0.15, -0.1) is 0 Å². The molecule has 0 bridgehead atoms. The summed E-state index contributed by atoms with van der Waals surface area (Å²) in [6.07, 6.45) is 0. The zero-order valence-electron chi connectivity index (χ0n) is 9.91. The summed E-state index contributed by atoms with van der Waals surface area (Å²) in [5, 5.41) is 12.0. The normalized spacial score (nSPS) is 18.2. The van der Waals surface area contributed by atoms with Crippen LogP contribution in [0, 0.1) is 5.82 Å². The fourth-order valence-electron chi connectivity index (χ4n) is 2.01. The van der Waals surface area contributed by atoms with Crippen LogP contribution in [0.4, 0.5) is 10.1 Å². The first-order valence-electron chi connectivity index (χ1n) is 5.55. The van der Waals surface area contributed by atoms with E-state index in [0.717, 1.165) is 0 Å². The standard InChI is InChI=1S/C12H14BrFN2O2/c1-12(18)6-16(7-12)5-11(17)15-10-3-2-8(13)4-9(10)14/h2-4,18H,5-7H2,1H3,(H,15,17). The lowest BCUT2D eigenvalue weighted by Gasteiger charge is -2.43. The van der Waals surface area contributed by atoms with E-state index >= 15 is 0 Å². The third-order valence-electron chi connectivity index (χ3n) is 2.70. The lowest BCUT2D eigenvalue weighted by atomic mass is 9.97. The van der Waals surface area contributed by atoms with Crippen molar-refractivity contribution < 1.29 is 14.3 Å². The van der Waals surface area contributed by atoms with Crippen molar-refractivity contribution >= 4 is 27.5 Å². The maximum Gasteiger partial charge on any atom is 0.238 e. The van der Waals surface area contributed by atoms with Gasteiger partial charge in [0.05, 0.1) is 17.8 Å². The molecule has 1 amide bonds. The van der Waals surface area contributed by atoms with E-state index in [9.17, 15) is 14.3 Å². The Bertz CT molecular complexity index is 471. The van der Waals surface area contributed by atoms with E-state index in [1.807, 2.05) is 0 Å². The van der Waals surface area contributed by atoms with Crippen LogP contribution in [-0.4, -0.2) is 41.1 Å². The molecule has 0 aliphatic carbocycles. The van der Waals surface area contributed by atoms with Crippen LogP contribution in [0.2, 0.25) is 0 Å². The Balaban J connectivity index is 1.88. The molecule has 2 N–H and O–H groups in total. The highest BCUT2D eigenvalue weighted by Crippen LogP contribution is 2.21. The van der Waals surface area contributed by atoms with E-state index in [-0.39, 0.29) is 18.1 Å². The Morgan fingerprint density at radius 3 is 2.83 bits per heavy atom. The van der Waals surface area contributed by atoms with Crippen LogP contribution in [0.1, 0.15) is 6.92 Å². The fraction of sp³-hybridized carbons (Fsp3) is 0.417. The van der Waals surface area contributed by atoms with Gasteiger partial charge in [-0.2, -0.15) is 0 Å². The lowest BCUT2D eigenvalue weighted by Crippen LogP contribution is -2.61. The highest BCUT2D eigenvalue weighted by Gasteiger charge is 2.37. The fourth-order valence-corrected chi connectivity index (χ4v) is 2.35. The summed E-state index contributed by atoms with van der Waals surface area (Å²) < 4.78 is 14.1. The summed E-state index contributed by atoms with van der Waals surface area (Å²) >= 11 is 3.15. The predicted molar refractivity (Wildman–Crippen MR) is 69.8 cm³/mol. The van der Waals surface area contributed by atoms with Crippen LogP contribution in [0.5, 0.6) is 0 Å². The minimum atomic E-state index is -0.705. The van der Waals surface area contributed by atoms with Gasteiger partial charge in [-0.1, -0.05) is 15.9 Å². The number of rotatable bonds is 3. The number of amides is 1. The minimum Gasteiger partial charge on any atom is -0.388 e. The first-order valence-corrected chi connectivity index (χ1v) is 6.35. The zero-order chi connectivity index (χ0) is 13.3. The molecule has 0 radical (unpaired) electrons. The summed E-state index contributed by atoms with van der Waals surface area (Å²) in [7, 11) is 0. The van der Waals surface area contributed by atoms with Crippen molar-refractivity contribution in [3.63, 3.8) is 0 Å². The average Bonchev–Trinajstić information content (AvgIpc) is 2.19. The summed E-state index contributed by atoms with van der Waals surface area (Å²) in [6.45, 7) is 2.80. The van der Waals surface area contributed by atoms with E-state index in [1.54, 1.807) is 17.9 Å². The number of carbonyl (C=O) groups is 1. The molecular weight excluding hydrogens is 303 g/mol. The molecule has 1 aliphatic heterocycles. The first-order chi connectivity index (χ1) is 8.35. The minimum absolute atomic E-state index is 0.158. The SMILES string of the molecule is CC1(O)CN(CC(=O)Nc2ccc(Br)cc2F)C1. The van der Waals surface area contributed by atoms with E-state index in [4.69, 9.17) is 0 Å². The smallest absolute Gasteiger partial charge is 0.238 e. The van der Waals surface area contributed by atoms with Crippen LogP contribution >= 0.6 is 15.9 Å². The quantitative estimate of drug-likeness (QED) is 0.890. The lowest BCUT2D eigenvalue weighted by molar-refractivity contribution is -0.125. The molecule has 98 valence electrons. The van der Waals surface area contributed by atoms with Crippen LogP contribution in [0.15, 0.2) is 22.7 Å². The molecule has 1 aromatic rings. The molecule has 1 aromatic carbocycles. The van der Waals surface area contributed by atoms with E-state index in [2.05, 4.69) is 21.2 Å². The highest BCUT2D eigenvalue weighted by atomic mass is 79.9. The zero-order valence-corrected chi connectivity index (χ0v) is 11.5. The number of β-amino-alcohol motifs (C(OH)–C–C–N with tert-alkyl or cyclic N) is 1. The first kappa shape index (κ1) is 13.5. The van der Waals surface area contributed by atoms with Crippen molar-refractivity contribution in [2.24, 2.45) is 0 Å². The Kier molecular flexibility index (Phi) is 3.70. The van der Waals surface area contributed by atoms with Crippen molar-refractivity contribution in [1.82, 2.24) is 4.90 Å². The Morgan fingerprint density at radius 1 is 1.61 bits per heavy atom. The Morgan fingerprint density at radius 2 is 2.28 bits per heavy atom. The number of anilines is 1. The monoisotopic (exact) mass is 316 g/mol. The van der Waals surface area contributed by atoms with Gasteiger partial charge in [0.1, 0.15) is 5.82 Å². The number of likely N-dealkylation sites (tertiary alicyclic amines) is 1. The maximum absolute atomic E-state index is 13.5. The van der Waals surface area contributed by atoms with Gasteiger partial charge in [-0.05, 0) is 25.1 Å². The van der Waals surface area contributed by atoms with Crippen molar-refractivity contribution in [2.45, 2.75) is 12.5 Å². The second kappa shape index (κ2) is 4.95. The Labute approximate surface area is 113 Å². The van der Waals surface area contributed by atoms with Crippen molar-refractivity contribution in [2.75, 3.05) is 25.0 Å². The number of aliphatic hydroxyl groups is 1. The van der Waals surface area contributed by atoms with Crippen LogP contribution < -0.4 is 5.32 Å². The van der Waals surface area contributed by atoms with Gasteiger partial charge in [0.15, 0.2) is 0 Å². The molecule has 4 nitrogen and oxygen atoms in total. The van der Waals surface area contributed by atoms with Gasteiger partial charge >= 0.3 is 0 Å². The van der Waals surface area contributed by atoms with Crippen LogP contribution in [0.25, 0.3) is 0 Å². The molecule has 1 fully saturated rings. The molecule has 18 heavy (non-hydrogen) atoms. The molecule has 6 heteroatoms.